The van der Waals surface area contributed by atoms with Gasteiger partial charge in [0.25, 0.3) is 0 Å². The van der Waals surface area contributed by atoms with Crippen LogP contribution in [0.25, 0.3) is 22.1 Å². The fourth-order valence-corrected chi connectivity index (χ4v) is 5.29. The van der Waals surface area contributed by atoms with Crippen molar-refractivity contribution >= 4 is 69.2 Å². The number of hydrogen-bond donors (Lipinski definition) is 2. The highest BCUT2D eigenvalue weighted by atomic mass is 35.5. The summed E-state index contributed by atoms with van der Waals surface area (Å²) in [5.74, 6) is -8.46. The van der Waals surface area contributed by atoms with Crippen molar-refractivity contribution < 1.29 is 54.9 Å². The number of aromatic nitrogens is 4. The van der Waals surface area contributed by atoms with E-state index in [0.29, 0.717) is 22.9 Å². The van der Waals surface area contributed by atoms with E-state index in [2.05, 4.69) is 30.6 Å². The first-order valence-corrected chi connectivity index (χ1v) is 16.6. The van der Waals surface area contributed by atoms with Gasteiger partial charge in [-0.2, -0.15) is 18.7 Å². The number of nitrogens with one attached hydrogen (secondary N) is 2. The maximum absolute atomic E-state index is 14.7. The Balaban J connectivity index is 0.000000248. The number of anilines is 4. The van der Waals surface area contributed by atoms with Crippen LogP contribution in [0, 0.1) is 49.0 Å². The molecular formula is C38H33ClF6N6O6. The van der Waals surface area contributed by atoms with Gasteiger partial charge in [0.05, 0.1) is 61.0 Å². The average molecular weight is 819 g/mol. The molecule has 0 aliphatic carbocycles. The number of fused-ring (bicyclic) bond motifs is 2. The molecule has 0 fully saturated rings. The normalized spacial score (nSPS) is 10.6. The minimum atomic E-state index is -1.29. The molecule has 6 rings (SSSR count). The molecule has 0 spiro atoms. The van der Waals surface area contributed by atoms with E-state index in [0.717, 1.165) is 0 Å². The summed E-state index contributed by atoms with van der Waals surface area (Å²) in [5.41, 5.74) is -2.51. The molecule has 0 saturated heterocycles. The number of esters is 2. The van der Waals surface area contributed by atoms with E-state index >= 15 is 0 Å². The molecule has 19 heteroatoms. The molecule has 6 aromatic rings. The van der Waals surface area contributed by atoms with Gasteiger partial charge in [-0.1, -0.05) is 0 Å². The number of nitrogens with zero attached hydrogens (tertiary/aromatic N) is 4. The van der Waals surface area contributed by atoms with Crippen LogP contribution in [0.3, 0.4) is 0 Å². The zero-order chi connectivity index (χ0) is 40.8. The minimum Gasteiger partial charge on any atom is -0.497 e. The lowest BCUT2D eigenvalue weighted by molar-refractivity contribution is 0.0511. The van der Waals surface area contributed by atoms with Crippen LogP contribution in [-0.4, -0.2) is 59.3 Å². The molecule has 0 saturated carbocycles. The summed E-state index contributed by atoms with van der Waals surface area (Å²) in [6.07, 6.45) is 0. The number of methoxy groups -OCH3 is 2. The summed E-state index contributed by atoms with van der Waals surface area (Å²) < 4.78 is 107. The predicted molar refractivity (Wildman–Crippen MR) is 200 cm³/mol. The maximum atomic E-state index is 14.7. The Labute approximate surface area is 327 Å². The van der Waals surface area contributed by atoms with E-state index < -0.39 is 69.0 Å². The predicted octanol–water partition coefficient (Wildman–Crippen LogP) is 8.99. The number of aryl methyl sites for hydroxylation is 2. The monoisotopic (exact) mass is 818 g/mol. The number of carbonyl (C=O) groups is 2. The van der Waals surface area contributed by atoms with Crippen LogP contribution < -0.4 is 20.1 Å². The molecule has 2 aromatic carbocycles. The molecule has 300 valence electrons. The van der Waals surface area contributed by atoms with Gasteiger partial charge in [-0.3, -0.25) is 0 Å². The van der Waals surface area contributed by atoms with Gasteiger partial charge in [0, 0.05) is 11.4 Å². The highest BCUT2D eigenvalue weighted by molar-refractivity contribution is 6.07. The van der Waals surface area contributed by atoms with Gasteiger partial charge < -0.3 is 29.6 Å². The lowest BCUT2D eigenvalue weighted by Gasteiger charge is -2.16. The zero-order valence-corrected chi connectivity index (χ0v) is 31.8. The van der Waals surface area contributed by atoms with Crippen molar-refractivity contribution in [1.82, 2.24) is 19.9 Å². The number of hydrogen-bond acceptors (Lipinski definition) is 12. The van der Waals surface area contributed by atoms with Gasteiger partial charge in [-0.05, 0) is 76.2 Å². The first kappa shape index (κ1) is 43.3. The zero-order valence-electron chi connectivity index (χ0n) is 30.9. The number of benzene rings is 2. The van der Waals surface area contributed by atoms with E-state index in [1.165, 1.54) is 41.9 Å². The number of ether oxygens (including phenoxy) is 4. The van der Waals surface area contributed by atoms with Crippen LogP contribution in [0.15, 0.2) is 48.5 Å². The Morgan fingerprint density at radius 3 is 1.19 bits per heavy atom. The molecule has 0 bridgehead atoms. The fourth-order valence-electron chi connectivity index (χ4n) is 5.29. The van der Waals surface area contributed by atoms with Crippen molar-refractivity contribution in [1.29, 1.82) is 0 Å². The number of halogens is 7. The molecule has 4 heterocycles. The Morgan fingerprint density at radius 1 is 0.561 bits per heavy atom. The van der Waals surface area contributed by atoms with Crippen molar-refractivity contribution in [2.45, 2.75) is 27.7 Å². The maximum Gasteiger partial charge on any atom is 0.344 e. The fraction of sp³-hybridized carbons (Fsp3) is 0.211. The molecule has 0 aliphatic rings. The second kappa shape index (κ2) is 18.5. The Hall–Kier alpha value is -6.43. The Bertz CT molecular complexity index is 2290. The summed E-state index contributed by atoms with van der Waals surface area (Å²) >= 11 is 0. The first-order chi connectivity index (χ1) is 26.7. The first-order valence-electron chi connectivity index (χ1n) is 16.6. The van der Waals surface area contributed by atoms with Crippen molar-refractivity contribution in [2.75, 3.05) is 38.1 Å². The van der Waals surface area contributed by atoms with Crippen molar-refractivity contribution in [2.24, 2.45) is 0 Å². The summed E-state index contributed by atoms with van der Waals surface area (Å²) in [6, 6.07) is 12.7. The van der Waals surface area contributed by atoms with Crippen LogP contribution in [0.5, 0.6) is 11.5 Å². The number of carbonyl (C=O) groups excluding carboxylic acids is 2. The van der Waals surface area contributed by atoms with Gasteiger partial charge in [0.15, 0.2) is 34.6 Å². The van der Waals surface area contributed by atoms with E-state index in [1.807, 2.05) is 0 Å². The Morgan fingerprint density at radius 2 is 0.895 bits per heavy atom. The second-order valence-electron chi connectivity index (χ2n) is 11.5. The van der Waals surface area contributed by atoms with Crippen molar-refractivity contribution in [3.8, 4) is 11.5 Å². The molecule has 0 atom stereocenters. The summed E-state index contributed by atoms with van der Waals surface area (Å²) in [4.78, 5) is 39.2. The summed E-state index contributed by atoms with van der Waals surface area (Å²) in [5, 5.41) is 4.59. The van der Waals surface area contributed by atoms with Crippen molar-refractivity contribution in [3.05, 3.63) is 106 Å². The average Bonchev–Trinajstić information content (AvgIpc) is 3.17. The third-order valence-corrected chi connectivity index (χ3v) is 7.95. The van der Waals surface area contributed by atoms with Crippen LogP contribution in [0.1, 0.15) is 46.0 Å². The molecular weight excluding hydrogens is 786 g/mol. The van der Waals surface area contributed by atoms with Crippen LogP contribution in [-0.2, 0) is 9.47 Å². The van der Waals surface area contributed by atoms with Crippen LogP contribution in [0.2, 0.25) is 0 Å². The largest absolute Gasteiger partial charge is 0.497 e. The third kappa shape index (κ3) is 9.01. The number of pyridine rings is 4. The van der Waals surface area contributed by atoms with Gasteiger partial charge >= 0.3 is 11.9 Å². The Kier molecular flexibility index (Phi) is 14.0. The molecule has 0 amide bonds. The molecule has 4 aromatic heterocycles. The van der Waals surface area contributed by atoms with E-state index in [9.17, 15) is 35.9 Å². The number of rotatable bonds is 10. The van der Waals surface area contributed by atoms with E-state index in [1.54, 1.807) is 48.5 Å². The van der Waals surface area contributed by atoms with Crippen molar-refractivity contribution in [3.63, 3.8) is 0 Å². The van der Waals surface area contributed by atoms with Gasteiger partial charge in [-0.25, -0.2) is 37.1 Å². The summed E-state index contributed by atoms with van der Waals surface area (Å²) in [6.45, 7) is 5.45. The topological polar surface area (TPSA) is 147 Å². The second-order valence-corrected chi connectivity index (χ2v) is 11.5. The highest BCUT2D eigenvalue weighted by Gasteiger charge is 2.29. The molecule has 0 radical (unpaired) electrons. The van der Waals surface area contributed by atoms with Gasteiger partial charge in [-0.15, -0.1) is 12.4 Å². The van der Waals surface area contributed by atoms with E-state index in [-0.39, 0.29) is 59.7 Å². The smallest absolute Gasteiger partial charge is 0.344 e. The molecule has 0 unspecified atom stereocenters. The van der Waals surface area contributed by atoms with E-state index in [4.69, 9.17) is 18.9 Å². The molecule has 12 nitrogen and oxygen atoms in total. The highest BCUT2D eigenvalue weighted by Crippen LogP contribution is 2.36. The minimum absolute atomic E-state index is 0. The molecule has 0 aliphatic heterocycles. The molecule has 57 heavy (non-hydrogen) atoms. The van der Waals surface area contributed by atoms with Crippen LogP contribution >= 0.6 is 12.4 Å². The van der Waals surface area contributed by atoms with Crippen LogP contribution in [0.4, 0.5) is 49.1 Å². The lowest BCUT2D eigenvalue weighted by Crippen LogP contribution is -2.14. The standard InChI is InChI=1S/2C19H16F3N3O3.ClH/c2*1-4-28-19(26)13-16(24-10-5-7-11(27-3)8-6-10)12-15(21)14(20)9(2)23-18(12)25-17(13)22;/h2*5-8H,4H2,1-3H3,(H,23,24,25);1H. The van der Waals surface area contributed by atoms with Gasteiger partial charge in [0.2, 0.25) is 11.9 Å². The summed E-state index contributed by atoms with van der Waals surface area (Å²) in [7, 11) is 2.97. The van der Waals surface area contributed by atoms with Gasteiger partial charge in [0.1, 0.15) is 22.6 Å². The lowest BCUT2D eigenvalue weighted by atomic mass is 10.1. The quantitative estimate of drug-likeness (QED) is 0.0773. The molecule has 2 N–H and O–H groups in total. The SMILES string of the molecule is CCOC(=O)c1c(F)nc2nc(C)c(F)c(F)c2c1Nc1ccc(OC)cc1.CCOC(=O)c1c(F)nc2nc(C)c(F)c(F)c2c1Nc1ccc(OC)cc1.Cl. The third-order valence-electron chi connectivity index (χ3n) is 7.95.